The molecule has 0 bridgehead atoms. The lowest BCUT2D eigenvalue weighted by molar-refractivity contribution is -0.137. The smallest absolute Gasteiger partial charge is 0.223 e. The number of carbonyl (C=O) groups is 1. The summed E-state index contributed by atoms with van der Waals surface area (Å²) in [5, 5.41) is 15.0. The van der Waals surface area contributed by atoms with Crippen molar-refractivity contribution in [1.82, 2.24) is 19.4 Å². The molecule has 3 aliphatic rings. The van der Waals surface area contributed by atoms with Crippen molar-refractivity contribution >= 4 is 28.1 Å². The molecule has 1 aliphatic carbocycles. The normalized spacial score (nSPS) is 22.0. The highest BCUT2D eigenvalue weighted by Crippen LogP contribution is 2.50. The zero-order chi connectivity index (χ0) is 24.2. The Balaban J connectivity index is 1.42. The predicted molar refractivity (Wildman–Crippen MR) is 137 cm³/mol. The van der Waals surface area contributed by atoms with E-state index in [1.54, 1.807) is 18.4 Å². The number of thiazole rings is 1. The first-order valence-corrected chi connectivity index (χ1v) is 13.6. The molecule has 35 heavy (non-hydrogen) atoms. The van der Waals surface area contributed by atoms with Crippen LogP contribution >= 0.6 is 11.3 Å². The summed E-state index contributed by atoms with van der Waals surface area (Å²) in [6, 6.07) is 5.99. The summed E-state index contributed by atoms with van der Waals surface area (Å²) in [7, 11) is 3.77. The first kappa shape index (κ1) is 23.0. The first-order valence-electron chi connectivity index (χ1n) is 12.7. The van der Waals surface area contributed by atoms with E-state index in [4.69, 9.17) is 4.74 Å². The minimum Gasteiger partial charge on any atom is -0.497 e. The zero-order valence-corrected chi connectivity index (χ0v) is 21.4. The van der Waals surface area contributed by atoms with E-state index in [0.717, 1.165) is 67.3 Å². The summed E-state index contributed by atoms with van der Waals surface area (Å²) in [4.78, 5) is 22.5. The molecule has 8 heteroatoms. The third kappa shape index (κ3) is 3.96. The Hall–Kier alpha value is -2.42. The Labute approximate surface area is 210 Å². The number of benzene rings is 1. The molecule has 1 atom stereocenters. The number of hydrogen-bond acceptors (Lipinski definition) is 6. The number of hydrogen-bond donors (Lipinski definition) is 1. The van der Waals surface area contributed by atoms with Crippen LogP contribution in [0.5, 0.6) is 5.75 Å². The molecule has 1 N–H and O–H groups in total. The second-order valence-electron chi connectivity index (χ2n) is 10.6. The van der Waals surface area contributed by atoms with E-state index in [-0.39, 0.29) is 24.0 Å². The number of nitrogens with zero attached hydrogens (tertiary/aromatic N) is 4. The highest BCUT2D eigenvalue weighted by Gasteiger charge is 2.49. The summed E-state index contributed by atoms with van der Waals surface area (Å²) < 4.78 is 7.74. The maximum absolute atomic E-state index is 13.5. The van der Waals surface area contributed by atoms with Gasteiger partial charge in [-0.15, -0.1) is 11.3 Å². The molecule has 1 aromatic carbocycles. The SMILES string of the molecule is COc1ccc2c3c(n(C)c2c1)[C@@H](CO)N(C(=O)CC1CC1)CC31CCN(Cc2nccs2)CC1. The molecule has 1 saturated heterocycles. The average molecular weight is 495 g/mol. The van der Waals surface area contributed by atoms with Crippen molar-refractivity contribution in [1.29, 1.82) is 0 Å². The fourth-order valence-corrected chi connectivity index (χ4v) is 7.03. The molecule has 7 nitrogen and oxygen atoms in total. The van der Waals surface area contributed by atoms with Crippen LogP contribution in [0.15, 0.2) is 29.8 Å². The van der Waals surface area contributed by atoms with Crippen LogP contribution in [0.4, 0.5) is 0 Å². The van der Waals surface area contributed by atoms with Crippen molar-refractivity contribution in [2.75, 3.05) is 33.4 Å². The molecule has 2 aliphatic heterocycles. The molecule has 3 aromatic rings. The van der Waals surface area contributed by atoms with Gasteiger partial charge in [-0.25, -0.2) is 4.98 Å². The number of aliphatic hydroxyl groups excluding tert-OH is 1. The molecular formula is C27H34N4O3S. The molecular weight excluding hydrogens is 460 g/mol. The van der Waals surface area contributed by atoms with E-state index in [1.807, 2.05) is 22.5 Å². The van der Waals surface area contributed by atoms with Crippen LogP contribution in [-0.4, -0.2) is 63.7 Å². The lowest BCUT2D eigenvalue weighted by Gasteiger charge is -2.50. The average Bonchev–Trinajstić information content (AvgIpc) is 3.44. The number of aliphatic hydroxyl groups is 1. The minimum absolute atomic E-state index is 0.0586. The van der Waals surface area contributed by atoms with Crippen LogP contribution in [0.3, 0.4) is 0 Å². The van der Waals surface area contributed by atoms with E-state index >= 15 is 0 Å². The Morgan fingerprint density at radius 1 is 1.29 bits per heavy atom. The fraction of sp³-hybridized carbons (Fsp3) is 0.556. The van der Waals surface area contributed by atoms with E-state index in [1.165, 1.54) is 10.9 Å². The summed E-state index contributed by atoms with van der Waals surface area (Å²) in [5.74, 6) is 1.55. The van der Waals surface area contributed by atoms with Crippen molar-refractivity contribution in [3.8, 4) is 5.75 Å². The van der Waals surface area contributed by atoms with Crippen molar-refractivity contribution in [3.05, 3.63) is 46.0 Å². The third-order valence-corrected chi connectivity index (χ3v) is 9.22. The van der Waals surface area contributed by atoms with E-state index in [0.29, 0.717) is 18.9 Å². The number of likely N-dealkylation sites (tertiary alicyclic amines) is 1. The van der Waals surface area contributed by atoms with Crippen molar-refractivity contribution in [3.63, 3.8) is 0 Å². The number of aromatic nitrogens is 2. The second kappa shape index (κ2) is 8.91. The predicted octanol–water partition coefficient (Wildman–Crippen LogP) is 3.85. The van der Waals surface area contributed by atoms with Gasteiger partial charge in [0, 0.05) is 54.2 Å². The number of ether oxygens (including phenoxy) is 1. The third-order valence-electron chi connectivity index (χ3n) is 8.46. The van der Waals surface area contributed by atoms with Crippen LogP contribution in [0, 0.1) is 5.92 Å². The van der Waals surface area contributed by atoms with Crippen molar-refractivity contribution < 1.29 is 14.6 Å². The van der Waals surface area contributed by atoms with Gasteiger partial charge in [-0.05, 0) is 62.4 Å². The maximum atomic E-state index is 13.5. The topological polar surface area (TPSA) is 70.8 Å². The van der Waals surface area contributed by atoms with Gasteiger partial charge in [0.05, 0.1) is 31.8 Å². The zero-order valence-electron chi connectivity index (χ0n) is 20.6. The monoisotopic (exact) mass is 494 g/mol. The molecule has 2 aromatic heterocycles. The summed E-state index contributed by atoms with van der Waals surface area (Å²) >= 11 is 1.71. The number of methoxy groups -OCH3 is 1. The van der Waals surface area contributed by atoms with Crippen LogP contribution in [0.2, 0.25) is 0 Å². The minimum atomic E-state index is -0.307. The Morgan fingerprint density at radius 2 is 2.09 bits per heavy atom. The number of rotatable bonds is 6. The van der Waals surface area contributed by atoms with Crippen LogP contribution in [0.25, 0.3) is 10.9 Å². The standard InChI is InChI=1S/C27H34N4O3S/c1-29-21-14-19(34-2)5-6-20(21)25-26(29)22(16-32)31(24(33)13-18-3-4-18)17-27(25)7-10-30(11-8-27)15-23-28-9-12-35-23/h5-6,9,12,14,18,22,32H,3-4,7-8,10-11,13,15-17H2,1-2H3/t22-/m1/s1. The van der Waals surface area contributed by atoms with Crippen molar-refractivity contribution in [2.45, 2.75) is 50.1 Å². The number of carbonyl (C=O) groups excluding carboxylic acids is 1. The number of fused-ring (bicyclic) bond motifs is 4. The number of amides is 1. The summed E-state index contributed by atoms with van der Waals surface area (Å²) in [5.41, 5.74) is 3.42. The molecule has 4 heterocycles. The first-order chi connectivity index (χ1) is 17.0. The van der Waals surface area contributed by atoms with Crippen LogP contribution < -0.4 is 4.74 Å². The van der Waals surface area contributed by atoms with Crippen LogP contribution in [-0.2, 0) is 23.8 Å². The molecule has 6 rings (SSSR count). The van der Waals surface area contributed by atoms with E-state index in [2.05, 4.69) is 33.6 Å². The fourth-order valence-electron chi connectivity index (χ4n) is 6.38. The lowest BCUT2D eigenvalue weighted by Crippen LogP contribution is -2.55. The van der Waals surface area contributed by atoms with Gasteiger partial charge < -0.3 is 19.3 Å². The molecule has 0 unspecified atom stereocenters. The van der Waals surface area contributed by atoms with Gasteiger partial charge >= 0.3 is 0 Å². The Kier molecular flexibility index (Phi) is 5.86. The van der Waals surface area contributed by atoms with E-state index in [9.17, 15) is 9.90 Å². The highest BCUT2D eigenvalue weighted by atomic mass is 32.1. The second-order valence-corrected chi connectivity index (χ2v) is 11.5. The summed E-state index contributed by atoms with van der Waals surface area (Å²) in [6.07, 6.45) is 6.76. The number of piperidine rings is 1. The molecule has 1 spiro atoms. The molecule has 1 amide bonds. The van der Waals surface area contributed by atoms with Gasteiger partial charge in [0.15, 0.2) is 0 Å². The van der Waals surface area contributed by atoms with Gasteiger partial charge in [0.1, 0.15) is 10.8 Å². The van der Waals surface area contributed by atoms with Crippen molar-refractivity contribution in [2.24, 2.45) is 13.0 Å². The van der Waals surface area contributed by atoms with Gasteiger partial charge in [-0.1, -0.05) is 0 Å². The largest absolute Gasteiger partial charge is 0.497 e. The molecule has 0 radical (unpaired) electrons. The van der Waals surface area contributed by atoms with Gasteiger partial charge in [0.2, 0.25) is 5.91 Å². The maximum Gasteiger partial charge on any atom is 0.223 e. The van der Waals surface area contributed by atoms with Gasteiger partial charge in [-0.2, -0.15) is 0 Å². The van der Waals surface area contributed by atoms with Crippen LogP contribution in [0.1, 0.15) is 54.4 Å². The van der Waals surface area contributed by atoms with Gasteiger partial charge in [0.25, 0.3) is 0 Å². The molecule has 186 valence electrons. The quantitative estimate of drug-likeness (QED) is 0.564. The Bertz CT molecular complexity index is 1230. The Morgan fingerprint density at radius 3 is 2.74 bits per heavy atom. The van der Waals surface area contributed by atoms with Gasteiger partial charge in [-0.3, -0.25) is 9.69 Å². The highest BCUT2D eigenvalue weighted by molar-refractivity contribution is 7.09. The lowest BCUT2D eigenvalue weighted by atomic mass is 9.68. The van der Waals surface area contributed by atoms with E-state index < -0.39 is 0 Å². The molecule has 1 saturated carbocycles. The summed E-state index contributed by atoms with van der Waals surface area (Å²) in [6.45, 7) is 3.46. The number of aryl methyl sites for hydroxylation is 1. The molecule has 2 fully saturated rings.